The maximum Gasteiger partial charge on any atom is 0.153 e. The van der Waals surface area contributed by atoms with Gasteiger partial charge < -0.3 is 0 Å². The highest BCUT2D eigenvalue weighted by atomic mass is 16.1. The predicted molar refractivity (Wildman–Crippen MR) is 53.4 cm³/mol. The van der Waals surface area contributed by atoms with E-state index in [1.807, 2.05) is 6.92 Å². The molecular weight excluding hydrogens is 176 g/mol. The van der Waals surface area contributed by atoms with Crippen LogP contribution in [0.4, 0.5) is 0 Å². The molecule has 0 aliphatic heterocycles. The molecule has 1 aliphatic carbocycles. The molecule has 0 aromatic carbocycles. The first-order chi connectivity index (χ1) is 6.81. The molecule has 3 nitrogen and oxygen atoms in total. The van der Waals surface area contributed by atoms with Crippen LogP contribution in [0.15, 0.2) is 6.20 Å². The van der Waals surface area contributed by atoms with Gasteiger partial charge in [0.05, 0.1) is 11.3 Å². The molecule has 0 saturated heterocycles. The summed E-state index contributed by atoms with van der Waals surface area (Å²) in [7, 11) is 0. The molecule has 0 atom stereocenters. The minimum Gasteiger partial charge on any atom is -0.298 e. The van der Waals surface area contributed by atoms with Crippen LogP contribution in [0.1, 0.15) is 53.5 Å². The second-order valence-corrected chi connectivity index (χ2v) is 3.86. The lowest BCUT2D eigenvalue weighted by Crippen LogP contribution is -2.04. The molecule has 2 rings (SSSR count). The van der Waals surface area contributed by atoms with Crippen LogP contribution in [0, 0.1) is 6.92 Å². The second kappa shape index (κ2) is 3.86. The zero-order valence-electron chi connectivity index (χ0n) is 8.36. The van der Waals surface area contributed by atoms with E-state index in [1.165, 1.54) is 12.8 Å². The summed E-state index contributed by atoms with van der Waals surface area (Å²) in [6, 6.07) is 0. The Morgan fingerprint density at radius 2 is 2.14 bits per heavy atom. The van der Waals surface area contributed by atoms with Crippen LogP contribution < -0.4 is 0 Å². The van der Waals surface area contributed by atoms with E-state index in [4.69, 9.17) is 0 Å². The van der Waals surface area contributed by atoms with Gasteiger partial charge in [-0.05, 0) is 19.8 Å². The molecule has 0 unspecified atom stereocenters. The maximum absolute atomic E-state index is 10.8. The monoisotopic (exact) mass is 190 g/mol. The molecule has 3 heteroatoms. The van der Waals surface area contributed by atoms with Gasteiger partial charge in [-0.15, -0.1) is 0 Å². The summed E-state index contributed by atoms with van der Waals surface area (Å²) < 4.78 is 0. The van der Waals surface area contributed by atoms with E-state index in [2.05, 4.69) is 9.97 Å². The fourth-order valence-electron chi connectivity index (χ4n) is 2.11. The zero-order chi connectivity index (χ0) is 9.97. The van der Waals surface area contributed by atoms with E-state index >= 15 is 0 Å². The van der Waals surface area contributed by atoms with Crippen molar-refractivity contribution in [1.29, 1.82) is 0 Å². The average molecular weight is 190 g/mol. The first kappa shape index (κ1) is 9.31. The van der Waals surface area contributed by atoms with Gasteiger partial charge in [-0.3, -0.25) is 4.79 Å². The van der Waals surface area contributed by atoms with Crippen LogP contribution in [0.3, 0.4) is 0 Å². The summed E-state index contributed by atoms with van der Waals surface area (Å²) in [6.45, 7) is 1.87. The number of aromatic nitrogens is 2. The second-order valence-electron chi connectivity index (χ2n) is 3.86. The van der Waals surface area contributed by atoms with Crippen LogP contribution in [0.2, 0.25) is 0 Å². The van der Waals surface area contributed by atoms with E-state index in [9.17, 15) is 4.79 Å². The van der Waals surface area contributed by atoms with Crippen molar-refractivity contribution in [1.82, 2.24) is 9.97 Å². The van der Waals surface area contributed by atoms with Gasteiger partial charge in [0.15, 0.2) is 6.29 Å². The molecule has 1 aromatic heterocycles. The third-order valence-corrected chi connectivity index (χ3v) is 2.84. The van der Waals surface area contributed by atoms with E-state index in [0.29, 0.717) is 11.5 Å². The molecule has 74 valence electrons. The minimum atomic E-state index is 0.483. The van der Waals surface area contributed by atoms with E-state index in [0.717, 1.165) is 30.6 Å². The molecule has 0 N–H and O–H groups in total. The molecule has 1 aliphatic rings. The number of carbonyl (C=O) groups excluding carboxylic acids is 1. The average Bonchev–Trinajstić information content (AvgIpc) is 2.70. The highest BCUT2D eigenvalue weighted by Crippen LogP contribution is 2.34. The molecule has 0 amide bonds. The summed E-state index contributed by atoms with van der Waals surface area (Å²) in [5.74, 6) is 1.24. The molecule has 1 aromatic rings. The Balaban J connectivity index is 2.37. The topological polar surface area (TPSA) is 42.9 Å². The number of aryl methyl sites for hydroxylation is 1. The molecule has 1 heterocycles. The van der Waals surface area contributed by atoms with Crippen molar-refractivity contribution in [2.24, 2.45) is 0 Å². The van der Waals surface area contributed by atoms with Gasteiger partial charge in [-0.2, -0.15) is 0 Å². The van der Waals surface area contributed by atoms with Crippen molar-refractivity contribution in [3.05, 3.63) is 23.3 Å². The minimum absolute atomic E-state index is 0.483. The first-order valence-electron chi connectivity index (χ1n) is 5.10. The number of hydrogen-bond acceptors (Lipinski definition) is 3. The van der Waals surface area contributed by atoms with Gasteiger partial charge in [0, 0.05) is 12.1 Å². The summed E-state index contributed by atoms with van der Waals surface area (Å²) in [5, 5.41) is 0. The highest BCUT2D eigenvalue weighted by molar-refractivity contribution is 5.76. The molecule has 1 fully saturated rings. The lowest BCUT2D eigenvalue weighted by atomic mass is 10.00. The summed E-state index contributed by atoms with van der Waals surface area (Å²) in [4.78, 5) is 19.2. The molecule has 14 heavy (non-hydrogen) atoms. The van der Waals surface area contributed by atoms with Crippen LogP contribution in [0.25, 0.3) is 0 Å². The normalized spacial score (nSPS) is 17.2. The van der Waals surface area contributed by atoms with Gasteiger partial charge >= 0.3 is 0 Å². The lowest BCUT2D eigenvalue weighted by molar-refractivity contribution is 0.112. The van der Waals surface area contributed by atoms with Crippen molar-refractivity contribution in [3.8, 4) is 0 Å². The van der Waals surface area contributed by atoms with Crippen molar-refractivity contribution < 1.29 is 4.79 Å². The number of nitrogens with zero attached hydrogens (tertiary/aromatic N) is 2. The van der Waals surface area contributed by atoms with Gasteiger partial charge in [0.1, 0.15) is 5.82 Å². The van der Waals surface area contributed by atoms with Crippen LogP contribution in [-0.4, -0.2) is 16.3 Å². The van der Waals surface area contributed by atoms with Gasteiger partial charge in [-0.1, -0.05) is 12.8 Å². The number of rotatable bonds is 2. The van der Waals surface area contributed by atoms with E-state index in [1.54, 1.807) is 6.20 Å². The Labute approximate surface area is 83.6 Å². The third kappa shape index (κ3) is 1.67. The number of aldehydes is 1. The summed E-state index contributed by atoms with van der Waals surface area (Å²) in [5.41, 5.74) is 1.63. The molecule has 1 saturated carbocycles. The van der Waals surface area contributed by atoms with Crippen LogP contribution in [-0.2, 0) is 0 Å². The largest absolute Gasteiger partial charge is 0.298 e. The highest BCUT2D eigenvalue weighted by Gasteiger charge is 2.21. The summed E-state index contributed by atoms with van der Waals surface area (Å²) in [6.07, 6.45) is 7.35. The van der Waals surface area contributed by atoms with Gasteiger partial charge in [0.2, 0.25) is 0 Å². The van der Waals surface area contributed by atoms with Crippen LogP contribution >= 0.6 is 0 Å². The van der Waals surface area contributed by atoms with E-state index < -0.39 is 0 Å². The smallest absolute Gasteiger partial charge is 0.153 e. The van der Waals surface area contributed by atoms with Gasteiger partial charge in [0.25, 0.3) is 0 Å². The lowest BCUT2D eigenvalue weighted by Gasteiger charge is -2.10. The van der Waals surface area contributed by atoms with Crippen molar-refractivity contribution >= 4 is 6.29 Å². The third-order valence-electron chi connectivity index (χ3n) is 2.84. The molecular formula is C11H14N2O. The Kier molecular flexibility index (Phi) is 2.57. The standard InChI is InChI=1S/C11H14N2O/c1-8-12-6-10(7-14)11(13-8)9-4-2-3-5-9/h6-7,9H,2-5H2,1H3. The molecule has 0 radical (unpaired) electrons. The summed E-state index contributed by atoms with van der Waals surface area (Å²) >= 11 is 0. The Bertz CT molecular complexity index is 343. The van der Waals surface area contributed by atoms with E-state index in [-0.39, 0.29) is 0 Å². The SMILES string of the molecule is Cc1ncc(C=O)c(C2CCCC2)n1. The van der Waals surface area contributed by atoms with Gasteiger partial charge in [-0.25, -0.2) is 9.97 Å². The maximum atomic E-state index is 10.8. The van der Waals surface area contributed by atoms with Crippen molar-refractivity contribution in [2.75, 3.05) is 0 Å². The Morgan fingerprint density at radius 1 is 1.43 bits per heavy atom. The fraction of sp³-hybridized carbons (Fsp3) is 0.545. The fourth-order valence-corrected chi connectivity index (χ4v) is 2.11. The predicted octanol–water partition coefficient (Wildman–Crippen LogP) is 2.26. The van der Waals surface area contributed by atoms with Crippen LogP contribution in [0.5, 0.6) is 0 Å². The number of hydrogen-bond donors (Lipinski definition) is 0. The molecule has 0 bridgehead atoms. The quantitative estimate of drug-likeness (QED) is 0.672. The van der Waals surface area contributed by atoms with Crippen molar-refractivity contribution in [3.63, 3.8) is 0 Å². The van der Waals surface area contributed by atoms with Crippen molar-refractivity contribution in [2.45, 2.75) is 38.5 Å². The number of carbonyl (C=O) groups is 1. The Morgan fingerprint density at radius 3 is 2.79 bits per heavy atom. The zero-order valence-corrected chi connectivity index (χ0v) is 8.36. The first-order valence-corrected chi connectivity index (χ1v) is 5.10. The molecule has 0 spiro atoms. The Hall–Kier alpha value is -1.25.